The molecule has 0 unspecified atom stereocenters. The number of rotatable bonds is 6. The van der Waals surface area contributed by atoms with E-state index in [1.165, 1.54) is 10.7 Å². The van der Waals surface area contributed by atoms with Gasteiger partial charge in [-0.25, -0.2) is 4.79 Å². The number of aromatic nitrogens is 2. The number of nitrogens with one attached hydrogen (secondary N) is 2. The summed E-state index contributed by atoms with van der Waals surface area (Å²) in [6, 6.07) is 20.1. The van der Waals surface area contributed by atoms with Crippen LogP contribution in [0.25, 0.3) is 11.3 Å². The molecule has 5 rings (SSSR count). The smallest absolute Gasteiger partial charge is 0.342 e. The Hall–Kier alpha value is -3.81. The van der Waals surface area contributed by atoms with Crippen LogP contribution in [0.2, 0.25) is 10.0 Å². The number of phenols is 1. The topological polar surface area (TPSA) is 96.2 Å². The van der Waals surface area contributed by atoms with Crippen LogP contribution in [0.5, 0.6) is 5.75 Å². The molecule has 3 N–H and O–H groups in total. The largest absolute Gasteiger partial charge is 0.507 e. The van der Waals surface area contributed by atoms with Crippen LogP contribution in [-0.2, 0) is 6.54 Å². The molecule has 9 heteroatoms. The van der Waals surface area contributed by atoms with Gasteiger partial charge in [0.1, 0.15) is 5.75 Å². The third kappa shape index (κ3) is 5.48. The summed E-state index contributed by atoms with van der Waals surface area (Å²) < 4.78 is 1.37. The highest BCUT2D eigenvalue weighted by Crippen LogP contribution is 2.39. The van der Waals surface area contributed by atoms with Gasteiger partial charge in [-0.15, -0.1) is 0 Å². The Morgan fingerprint density at radius 2 is 1.76 bits per heavy atom. The summed E-state index contributed by atoms with van der Waals surface area (Å²) in [5, 5.41) is 22.0. The lowest BCUT2D eigenvalue weighted by Crippen LogP contribution is -2.31. The van der Waals surface area contributed by atoms with Crippen LogP contribution in [0.1, 0.15) is 46.8 Å². The highest BCUT2D eigenvalue weighted by Gasteiger charge is 2.27. The van der Waals surface area contributed by atoms with Crippen LogP contribution < -0.4 is 10.6 Å². The normalized spacial score (nSPS) is 13.1. The van der Waals surface area contributed by atoms with Crippen molar-refractivity contribution >= 4 is 40.8 Å². The minimum absolute atomic E-state index is 0.00854. The van der Waals surface area contributed by atoms with Gasteiger partial charge >= 0.3 is 6.03 Å². The van der Waals surface area contributed by atoms with Crippen molar-refractivity contribution in [3.63, 3.8) is 0 Å². The number of carbonyl (C=O) groups is 2. The van der Waals surface area contributed by atoms with Gasteiger partial charge in [0.05, 0.1) is 11.4 Å². The van der Waals surface area contributed by atoms with Crippen molar-refractivity contribution < 1.29 is 14.7 Å². The van der Waals surface area contributed by atoms with Crippen LogP contribution in [0, 0.1) is 0 Å². The van der Waals surface area contributed by atoms with Gasteiger partial charge in [-0.2, -0.15) is 9.78 Å². The third-order valence-corrected chi connectivity index (χ3v) is 7.10. The standard InChI is InChI=1S/C28H24Cl2N4O3/c29-20-10-8-18(9-11-20)27(36)32-21-12-13-26(35)22(14-21)24-15-25(17-5-3-6-17)34(33-24)28(37)31-16-19-4-1-2-7-23(19)30/h1-2,4,7-15,17,35H,3,5-6,16H2,(H,31,37)(H,32,36). The lowest BCUT2D eigenvalue weighted by Gasteiger charge is -2.25. The molecule has 0 saturated heterocycles. The molecule has 1 aliphatic carbocycles. The SMILES string of the molecule is O=C(Nc1ccc(O)c(-c2cc(C3CCC3)n(C(=O)NCc3ccccc3Cl)n2)c1)c1ccc(Cl)cc1. The minimum Gasteiger partial charge on any atom is -0.507 e. The summed E-state index contributed by atoms with van der Waals surface area (Å²) >= 11 is 12.1. The quantitative estimate of drug-likeness (QED) is 0.236. The number of phenolic OH excluding ortho intramolecular Hbond substituents is 1. The number of anilines is 1. The van der Waals surface area contributed by atoms with Crippen LogP contribution in [0.15, 0.2) is 72.8 Å². The van der Waals surface area contributed by atoms with E-state index in [-0.39, 0.29) is 30.2 Å². The van der Waals surface area contributed by atoms with Gasteiger partial charge in [-0.3, -0.25) is 4.79 Å². The lowest BCUT2D eigenvalue weighted by atomic mass is 9.82. The Morgan fingerprint density at radius 3 is 2.46 bits per heavy atom. The molecule has 0 bridgehead atoms. The Morgan fingerprint density at radius 1 is 1.00 bits per heavy atom. The Labute approximate surface area is 224 Å². The first kappa shape index (κ1) is 24.9. The molecule has 4 aromatic rings. The van der Waals surface area contributed by atoms with Gasteiger partial charge < -0.3 is 15.7 Å². The summed E-state index contributed by atoms with van der Waals surface area (Å²) in [5.74, 6) is -0.110. The van der Waals surface area contributed by atoms with Crippen LogP contribution >= 0.6 is 23.2 Å². The number of nitrogens with zero attached hydrogens (tertiary/aromatic N) is 2. The second kappa shape index (κ2) is 10.7. The summed E-state index contributed by atoms with van der Waals surface area (Å²) in [6.07, 6.45) is 3.02. The predicted molar refractivity (Wildman–Crippen MR) is 144 cm³/mol. The Balaban J connectivity index is 1.40. The number of aromatic hydroxyl groups is 1. The zero-order chi connectivity index (χ0) is 25.9. The highest BCUT2D eigenvalue weighted by atomic mass is 35.5. The minimum atomic E-state index is -0.375. The molecule has 2 amide bonds. The van der Waals surface area contributed by atoms with Crippen LogP contribution in [0.3, 0.4) is 0 Å². The maximum absolute atomic E-state index is 13.1. The molecule has 1 aliphatic rings. The number of halogens is 2. The highest BCUT2D eigenvalue weighted by molar-refractivity contribution is 6.31. The van der Waals surface area contributed by atoms with E-state index in [0.717, 1.165) is 30.5 Å². The van der Waals surface area contributed by atoms with Crippen molar-refractivity contribution in [3.8, 4) is 17.0 Å². The average molecular weight is 535 g/mol. The molecule has 1 saturated carbocycles. The summed E-state index contributed by atoms with van der Waals surface area (Å²) in [7, 11) is 0. The first-order valence-corrected chi connectivity index (χ1v) is 12.7. The molecule has 0 spiro atoms. The third-order valence-electron chi connectivity index (χ3n) is 6.48. The number of hydrogen-bond donors (Lipinski definition) is 3. The maximum Gasteiger partial charge on any atom is 0.342 e. The van der Waals surface area contributed by atoms with Gasteiger partial charge in [0.15, 0.2) is 0 Å². The summed E-state index contributed by atoms with van der Waals surface area (Å²) in [4.78, 5) is 25.8. The zero-order valence-corrected chi connectivity index (χ0v) is 21.3. The number of hydrogen-bond acceptors (Lipinski definition) is 4. The molecule has 1 heterocycles. The molecule has 1 fully saturated rings. The van der Waals surface area contributed by atoms with Crippen LogP contribution in [-0.4, -0.2) is 26.8 Å². The van der Waals surface area contributed by atoms with Gasteiger partial charge in [0, 0.05) is 39.3 Å². The molecule has 0 atom stereocenters. The van der Waals surface area contributed by atoms with E-state index in [4.69, 9.17) is 23.2 Å². The van der Waals surface area contributed by atoms with Crippen molar-refractivity contribution in [1.82, 2.24) is 15.1 Å². The van der Waals surface area contributed by atoms with E-state index >= 15 is 0 Å². The monoisotopic (exact) mass is 534 g/mol. The van der Waals surface area contributed by atoms with Crippen molar-refractivity contribution in [3.05, 3.63) is 99.7 Å². The molecular formula is C28H24Cl2N4O3. The molecule has 7 nitrogen and oxygen atoms in total. The Kier molecular flexibility index (Phi) is 7.17. The lowest BCUT2D eigenvalue weighted by molar-refractivity contribution is 0.102. The fourth-order valence-corrected chi connectivity index (χ4v) is 4.52. The van der Waals surface area contributed by atoms with Gasteiger partial charge in [-0.05, 0) is 73.0 Å². The van der Waals surface area contributed by atoms with Gasteiger partial charge in [-0.1, -0.05) is 47.8 Å². The Bertz CT molecular complexity index is 1460. The maximum atomic E-state index is 13.1. The summed E-state index contributed by atoms with van der Waals surface area (Å²) in [5.41, 5.74) is 3.37. The first-order chi connectivity index (χ1) is 17.9. The molecule has 37 heavy (non-hydrogen) atoms. The number of carbonyl (C=O) groups excluding carboxylic acids is 2. The second-order valence-corrected chi connectivity index (χ2v) is 9.78. The first-order valence-electron chi connectivity index (χ1n) is 11.9. The van der Waals surface area contributed by atoms with E-state index in [9.17, 15) is 14.7 Å². The van der Waals surface area contributed by atoms with Gasteiger partial charge in [0.25, 0.3) is 5.91 Å². The van der Waals surface area contributed by atoms with Crippen molar-refractivity contribution in [2.75, 3.05) is 5.32 Å². The fraction of sp³-hybridized carbons (Fsp3) is 0.179. The molecule has 3 aromatic carbocycles. The van der Waals surface area contributed by atoms with E-state index in [0.29, 0.717) is 32.6 Å². The van der Waals surface area contributed by atoms with E-state index in [1.807, 2.05) is 24.3 Å². The zero-order valence-electron chi connectivity index (χ0n) is 19.7. The van der Waals surface area contributed by atoms with E-state index in [1.54, 1.807) is 42.5 Å². The molecule has 0 radical (unpaired) electrons. The van der Waals surface area contributed by atoms with Gasteiger partial charge in [0.2, 0.25) is 0 Å². The van der Waals surface area contributed by atoms with Crippen LogP contribution in [0.4, 0.5) is 10.5 Å². The van der Waals surface area contributed by atoms with E-state index < -0.39 is 0 Å². The summed E-state index contributed by atoms with van der Waals surface area (Å²) in [6.45, 7) is 0.259. The van der Waals surface area contributed by atoms with Crippen molar-refractivity contribution in [2.24, 2.45) is 0 Å². The number of amides is 2. The predicted octanol–water partition coefficient (Wildman–Crippen LogP) is 6.84. The van der Waals surface area contributed by atoms with Crippen molar-refractivity contribution in [2.45, 2.75) is 31.7 Å². The number of benzene rings is 3. The molecular weight excluding hydrogens is 511 g/mol. The average Bonchev–Trinajstić information content (AvgIpc) is 3.28. The fourth-order valence-electron chi connectivity index (χ4n) is 4.20. The molecule has 0 aliphatic heterocycles. The second-order valence-electron chi connectivity index (χ2n) is 8.94. The molecule has 1 aromatic heterocycles. The molecule has 188 valence electrons. The van der Waals surface area contributed by atoms with E-state index in [2.05, 4.69) is 15.7 Å². The van der Waals surface area contributed by atoms with Crippen molar-refractivity contribution in [1.29, 1.82) is 0 Å².